The third-order valence-electron chi connectivity index (χ3n) is 4.62. The van der Waals surface area contributed by atoms with Crippen LogP contribution in [0.4, 0.5) is 0 Å². The molecule has 3 heterocycles. The van der Waals surface area contributed by atoms with E-state index in [2.05, 4.69) is 61.4 Å². The topological polar surface area (TPSA) is 21.1 Å². The van der Waals surface area contributed by atoms with Gasteiger partial charge in [0.2, 0.25) is 0 Å². The van der Waals surface area contributed by atoms with Gasteiger partial charge in [-0.15, -0.1) is 0 Å². The highest BCUT2D eigenvalue weighted by molar-refractivity contribution is 5.41. The molecule has 0 unspecified atom stereocenters. The highest BCUT2D eigenvalue weighted by Crippen LogP contribution is 2.36. The Morgan fingerprint density at radius 1 is 1.14 bits per heavy atom. The Hall–Kier alpha value is -1.61. The van der Waals surface area contributed by atoms with Crippen molar-refractivity contribution < 1.29 is 0 Å². The van der Waals surface area contributed by atoms with Crippen molar-refractivity contribution in [1.29, 1.82) is 0 Å². The molecule has 0 amide bonds. The molecular weight excluding hydrogens is 258 g/mol. The fraction of sp³-hybridized carbons (Fsp3) is 0.500. The minimum absolute atomic E-state index is 0.495. The number of rotatable bonds is 3. The first-order valence-electron chi connectivity index (χ1n) is 7.95. The summed E-state index contributed by atoms with van der Waals surface area (Å²) in [5.41, 5.74) is 3.87. The smallest absolute Gasteiger partial charge is 0.141 e. The first-order valence-corrected chi connectivity index (χ1v) is 7.95. The fourth-order valence-electron chi connectivity index (χ4n) is 3.60. The third-order valence-corrected chi connectivity index (χ3v) is 4.62. The zero-order chi connectivity index (χ0) is 15.0. The predicted octanol–water partition coefficient (Wildman–Crippen LogP) is 4.03. The van der Waals surface area contributed by atoms with Crippen molar-refractivity contribution in [3.05, 3.63) is 47.4 Å². The number of hydrogen-bond donors (Lipinski definition) is 0. The summed E-state index contributed by atoms with van der Waals surface area (Å²) in [5.74, 6) is 1.11. The lowest BCUT2D eigenvalue weighted by atomic mass is 10.0. The van der Waals surface area contributed by atoms with Crippen molar-refractivity contribution in [3.8, 4) is 5.82 Å². The van der Waals surface area contributed by atoms with Crippen molar-refractivity contribution in [1.82, 2.24) is 14.5 Å². The molecule has 3 heteroatoms. The van der Waals surface area contributed by atoms with E-state index in [0.29, 0.717) is 12.1 Å². The Morgan fingerprint density at radius 2 is 1.86 bits per heavy atom. The molecule has 0 aliphatic carbocycles. The first-order chi connectivity index (χ1) is 10.1. The van der Waals surface area contributed by atoms with Crippen molar-refractivity contribution in [2.75, 3.05) is 6.54 Å². The summed E-state index contributed by atoms with van der Waals surface area (Å²) in [7, 11) is 0. The van der Waals surface area contributed by atoms with E-state index in [1.54, 1.807) is 0 Å². The van der Waals surface area contributed by atoms with Gasteiger partial charge in [0.25, 0.3) is 0 Å². The molecule has 0 aromatic carbocycles. The van der Waals surface area contributed by atoms with E-state index in [-0.39, 0.29) is 0 Å². The molecule has 1 fully saturated rings. The highest BCUT2D eigenvalue weighted by Gasteiger charge is 2.30. The van der Waals surface area contributed by atoms with Gasteiger partial charge in [0.15, 0.2) is 0 Å². The SMILES string of the molecule is Cc1ccc(C)n1-c1ncccc1[C@H]1CCCN1C(C)C. The number of likely N-dealkylation sites (tertiary alicyclic amines) is 1. The van der Waals surface area contributed by atoms with Crippen LogP contribution in [0.5, 0.6) is 0 Å². The lowest BCUT2D eigenvalue weighted by molar-refractivity contribution is 0.205. The maximum Gasteiger partial charge on any atom is 0.141 e. The van der Waals surface area contributed by atoms with Crippen LogP contribution in [0.15, 0.2) is 30.5 Å². The highest BCUT2D eigenvalue weighted by atomic mass is 15.2. The van der Waals surface area contributed by atoms with Crippen LogP contribution in [0.2, 0.25) is 0 Å². The Bertz CT molecular complexity index is 608. The van der Waals surface area contributed by atoms with Crippen LogP contribution in [0.25, 0.3) is 5.82 Å². The summed E-state index contributed by atoms with van der Waals surface area (Å²) in [6, 6.07) is 9.74. The average Bonchev–Trinajstić information content (AvgIpc) is 3.06. The van der Waals surface area contributed by atoms with Gasteiger partial charge < -0.3 is 4.57 Å². The van der Waals surface area contributed by atoms with Gasteiger partial charge in [0.05, 0.1) is 0 Å². The van der Waals surface area contributed by atoms with Gasteiger partial charge >= 0.3 is 0 Å². The Kier molecular flexibility index (Phi) is 3.85. The normalized spacial score (nSPS) is 19.6. The number of pyridine rings is 1. The quantitative estimate of drug-likeness (QED) is 0.848. The Morgan fingerprint density at radius 3 is 2.52 bits per heavy atom. The van der Waals surface area contributed by atoms with E-state index in [1.165, 1.54) is 36.3 Å². The van der Waals surface area contributed by atoms with E-state index in [1.807, 2.05) is 6.20 Å². The molecule has 1 saturated heterocycles. The Balaban J connectivity index is 2.09. The first kappa shape index (κ1) is 14.3. The number of hydrogen-bond acceptors (Lipinski definition) is 2. The fourth-order valence-corrected chi connectivity index (χ4v) is 3.60. The number of aromatic nitrogens is 2. The van der Waals surface area contributed by atoms with E-state index < -0.39 is 0 Å². The molecular formula is C18H25N3. The zero-order valence-corrected chi connectivity index (χ0v) is 13.5. The van der Waals surface area contributed by atoms with Crippen molar-refractivity contribution in [3.63, 3.8) is 0 Å². The number of aryl methyl sites for hydroxylation is 2. The second-order valence-corrected chi connectivity index (χ2v) is 6.36. The minimum atomic E-state index is 0.495. The predicted molar refractivity (Wildman–Crippen MR) is 86.9 cm³/mol. The molecule has 1 atom stereocenters. The van der Waals surface area contributed by atoms with Crippen molar-refractivity contribution >= 4 is 0 Å². The zero-order valence-electron chi connectivity index (χ0n) is 13.5. The van der Waals surface area contributed by atoms with Crippen LogP contribution in [-0.2, 0) is 0 Å². The largest absolute Gasteiger partial charge is 0.303 e. The van der Waals surface area contributed by atoms with Gasteiger partial charge in [0, 0.05) is 35.2 Å². The molecule has 112 valence electrons. The molecule has 3 nitrogen and oxygen atoms in total. The average molecular weight is 283 g/mol. The summed E-state index contributed by atoms with van der Waals surface area (Å²) in [5, 5.41) is 0. The molecule has 0 bridgehead atoms. The lowest BCUT2D eigenvalue weighted by Crippen LogP contribution is -2.31. The summed E-state index contributed by atoms with van der Waals surface area (Å²) < 4.78 is 2.28. The van der Waals surface area contributed by atoms with E-state index in [0.717, 1.165) is 5.82 Å². The molecule has 1 aliphatic rings. The van der Waals surface area contributed by atoms with Gasteiger partial charge in [-0.25, -0.2) is 4.98 Å². The molecule has 0 saturated carbocycles. The van der Waals surface area contributed by atoms with Crippen LogP contribution in [-0.4, -0.2) is 27.0 Å². The van der Waals surface area contributed by atoms with Gasteiger partial charge in [-0.05, 0) is 65.3 Å². The summed E-state index contributed by atoms with van der Waals surface area (Å²) >= 11 is 0. The second-order valence-electron chi connectivity index (χ2n) is 6.36. The molecule has 0 radical (unpaired) electrons. The van der Waals surface area contributed by atoms with Gasteiger partial charge in [-0.3, -0.25) is 4.90 Å². The van der Waals surface area contributed by atoms with Crippen LogP contribution in [0, 0.1) is 13.8 Å². The van der Waals surface area contributed by atoms with E-state index >= 15 is 0 Å². The summed E-state index contributed by atoms with van der Waals surface area (Å²) in [6.45, 7) is 10.1. The molecule has 2 aromatic rings. The summed E-state index contributed by atoms with van der Waals surface area (Å²) in [4.78, 5) is 7.32. The maximum absolute atomic E-state index is 4.72. The molecule has 0 N–H and O–H groups in total. The van der Waals surface area contributed by atoms with Crippen LogP contribution < -0.4 is 0 Å². The molecule has 1 aliphatic heterocycles. The van der Waals surface area contributed by atoms with Crippen LogP contribution >= 0.6 is 0 Å². The number of nitrogens with zero attached hydrogens (tertiary/aromatic N) is 3. The third kappa shape index (κ3) is 2.51. The van der Waals surface area contributed by atoms with Crippen molar-refractivity contribution in [2.24, 2.45) is 0 Å². The van der Waals surface area contributed by atoms with E-state index in [9.17, 15) is 0 Å². The molecule has 21 heavy (non-hydrogen) atoms. The second kappa shape index (κ2) is 5.64. The minimum Gasteiger partial charge on any atom is -0.303 e. The van der Waals surface area contributed by atoms with E-state index in [4.69, 9.17) is 4.98 Å². The summed E-state index contributed by atoms with van der Waals surface area (Å²) in [6.07, 6.45) is 4.42. The molecule has 0 spiro atoms. The standard InChI is InChI=1S/C18H25N3/c1-13(2)20-12-6-8-17(20)16-7-5-11-19-18(16)21-14(3)9-10-15(21)4/h5,7,9-11,13,17H,6,8,12H2,1-4H3/t17-/m1/s1. The Labute approximate surface area is 127 Å². The van der Waals surface area contributed by atoms with Gasteiger partial charge in [-0.1, -0.05) is 6.07 Å². The van der Waals surface area contributed by atoms with Crippen LogP contribution in [0.1, 0.15) is 49.7 Å². The monoisotopic (exact) mass is 283 g/mol. The lowest BCUT2D eigenvalue weighted by Gasteiger charge is -2.30. The van der Waals surface area contributed by atoms with Crippen molar-refractivity contribution in [2.45, 2.75) is 52.6 Å². The van der Waals surface area contributed by atoms with Gasteiger partial charge in [0.1, 0.15) is 5.82 Å². The maximum atomic E-state index is 4.72. The molecule has 2 aromatic heterocycles. The van der Waals surface area contributed by atoms with Crippen LogP contribution in [0.3, 0.4) is 0 Å². The van der Waals surface area contributed by atoms with Gasteiger partial charge in [-0.2, -0.15) is 0 Å². The molecule has 3 rings (SSSR count).